The Bertz CT molecular complexity index is 297. The maximum Gasteiger partial charge on any atom is 0.225 e. The van der Waals surface area contributed by atoms with E-state index in [1.807, 2.05) is 11.8 Å². The highest BCUT2D eigenvalue weighted by atomic mass is 16.5. The fourth-order valence-electron chi connectivity index (χ4n) is 3.17. The molecule has 2 fully saturated rings. The number of nitrogens with zero attached hydrogens (tertiary/aromatic N) is 2. The van der Waals surface area contributed by atoms with Gasteiger partial charge in [-0.3, -0.25) is 9.69 Å². The van der Waals surface area contributed by atoms with Crippen LogP contribution in [0.4, 0.5) is 0 Å². The minimum Gasteiger partial charge on any atom is -0.379 e. The van der Waals surface area contributed by atoms with Crippen LogP contribution in [0, 0.1) is 11.8 Å². The molecule has 0 aliphatic carbocycles. The Morgan fingerprint density at radius 3 is 2.50 bits per heavy atom. The summed E-state index contributed by atoms with van der Waals surface area (Å²) >= 11 is 0. The smallest absolute Gasteiger partial charge is 0.225 e. The lowest BCUT2D eigenvalue weighted by Gasteiger charge is -2.36. The quantitative estimate of drug-likeness (QED) is 0.800. The highest BCUT2D eigenvalue weighted by Gasteiger charge is 2.26. The van der Waals surface area contributed by atoms with Crippen LogP contribution in [0.15, 0.2) is 0 Å². The van der Waals surface area contributed by atoms with Crippen LogP contribution in [-0.2, 0) is 9.53 Å². The minimum absolute atomic E-state index is 0.0794. The molecule has 0 bridgehead atoms. The number of hydrogen-bond donors (Lipinski definition) is 1. The zero-order valence-electron chi connectivity index (χ0n) is 12.7. The molecule has 1 unspecified atom stereocenters. The first-order valence-corrected chi connectivity index (χ1v) is 7.99. The normalized spacial score (nSPS) is 23.8. The van der Waals surface area contributed by atoms with Crippen LogP contribution < -0.4 is 5.73 Å². The molecule has 2 heterocycles. The van der Waals surface area contributed by atoms with Gasteiger partial charge >= 0.3 is 0 Å². The second-order valence-corrected chi connectivity index (χ2v) is 6.16. The van der Waals surface area contributed by atoms with Crippen molar-refractivity contribution in [1.29, 1.82) is 0 Å². The maximum absolute atomic E-state index is 12.2. The summed E-state index contributed by atoms with van der Waals surface area (Å²) in [5, 5.41) is 0. The van der Waals surface area contributed by atoms with Gasteiger partial charge in [0.05, 0.1) is 13.2 Å². The molecule has 1 atom stereocenters. The number of likely N-dealkylation sites (tertiary alicyclic amines) is 1. The van der Waals surface area contributed by atoms with Crippen LogP contribution in [0.5, 0.6) is 0 Å². The van der Waals surface area contributed by atoms with E-state index in [1.165, 1.54) is 6.54 Å². The van der Waals surface area contributed by atoms with Gasteiger partial charge in [0.15, 0.2) is 0 Å². The third-order valence-corrected chi connectivity index (χ3v) is 4.57. The maximum atomic E-state index is 12.2. The molecule has 20 heavy (non-hydrogen) atoms. The second kappa shape index (κ2) is 7.96. The Balaban J connectivity index is 1.70. The van der Waals surface area contributed by atoms with Gasteiger partial charge in [-0.05, 0) is 31.7 Å². The van der Waals surface area contributed by atoms with Crippen molar-refractivity contribution in [2.45, 2.75) is 26.2 Å². The predicted molar refractivity (Wildman–Crippen MR) is 79.4 cm³/mol. The first kappa shape index (κ1) is 15.7. The number of hydrogen-bond acceptors (Lipinski definition) is 4. The van der Waals surface area contributed by atoms with Crippen molar-refractivity contribution in [2.75, 3.05) is 52.5 Å². The number of ether oxygens (including phenoxy) is 1. The first-order valence-electron chi connectivity index (χ1n) is 7.99. The third kappa shape index (κ3) is 4.43. The Kier molecular flexibility index (Phi) is 6.26. The number of piperidine rings is 1. The van der Waals surface area contributed by atoms with Crippen molar-refractivity contribution in [2.24, 2.45) is 17.6 Å². The van der Waals surface area contributed by atoms with E-state index < -0.39 is 0 Å². The van der Waals surface area contributed by atoms with Gasteiger partial charge in [-0.15, -0.1) is 0 Å². The van der Waals surface area contributed by atoms with Crippen LogP contribution in [0.3, 0.4) is 0 Å². The number of morpholine rings is 1. The average Bonchev–Trinajstić information content (AvgIpc) is 2.48. The summed E-state index contributed by atoms with van der Waals surface area (Å²) in [6.07, 6.45) is 3.07. The van der Waals surface area contributed by atoms with Crippen LogP contribution in [0.1, 0.15) is 26.2 Å². The molecule has 0 aromatic heterocycles. The van der Waals surface area contributed by atoms with Gasteiger partial charge in [-0.25, -0.2) is 0 Å². The molecule has 0 radical (unpaired) electrons. The molecule has 2 aliphatic rings. The molecular formula is C15H29N3O2. The summed E-state index contributed by atoms with van der Waals surface area (Å²) < 4.78 is 5.38. The molecule has 116 valence electrons. The van der Waals surface area contributed by atoms with E-state index in [0.29, 0.717) is 12.5 Å². The van der Waals surface area contributed by atoms with E-state index in [2.05, 4.69) is 4.90 Å². The van der Waals surface area contributed by atoms with Gasteiger partial charge in [-0.2, -0.15) is 0 Å². The Labute approximate surface area is 122 Å². The standard InChI is InChI=1S/C15H29N3O2/c1-13(2-5-16)15(19)18-6-3-14(4-7-18)12-17-8-10-20-11-9-17/h13-14H,2-12,16H2,1H3. The SMILES string of the molecule is CC(CCN)C(=O)N1CCC(CN2CCOCC2)CC1. The molecule has 1 amide bonds. The fraction of sp³-hybridized carbons (Fsp3) is 0.933. The molecule has 2 saturated heterocycles. The highest BCUT2D eigenvalue weighted by molar-refractivity contribution is 5.78. The van der Waals surface area contributed by atoms with E-state index in [9.17, 15) is 4.79 Å². The topological polar surface area (TPSA) is 58.8 Å². The molecule has 2 aliphatic heterocycles. The fourth-order valence-corrected chi connectivity index (χ4v) is 3.17. The number of nitrogens with two attached hydrogens (primary N) is 1. The van der Waals surface area contributed by atoms with Gasteiger partial charge in [-0.1, -0.05) is 6.92 Å². The van der Waals surface area contributed by atoms with Gasteiger partial charge in [0.2, 0.25) is 5.91 Å². The summed E-state index contributed by atoms with van der Waals surface area (Å²) in [5.41, 5.74) is 5.54. The number of amides is 1. The Hall–Kier alpha value is -0.650. The summed E-state index contributed by atoms with van der Waals surface area (Å²) in [6, 6.07) is 0. The van der Waals surface area contributed by atoms with Crippen molar-refractivity contribution >= 4 is 5.91 Å². The number of carbonyl (C=O) groups is 1. The molecule has 2 rings (SSSR count). The van der Waals surface area contributed by atoms with Gasteiger partial charge in [0.25, 0.3) is 0 Å². The number of carbonyl (C=O) groups excluding carboxylic acids is 1. The van der Waals surface area contributed by atoms with Crippen LogP contribution in [0.2, 0.25) is 0 Å². The molecular weight excluding hydrogens is 254 g/mol. The Morgan fingerprint density at radius 2 is 1.90 bits per heavy atom. The minimum atomic E-state index is 0.0794. The second-order valence-electron chi connectivity index (χ2n) is 6.16. The molecule has 0 spiro atoms. The van der Waals surface area contributed by atoms with E-state index in [-0.39, 0.29) is 5.92 Å². The lowest BCUT2D eigenvalue weighted by molar-refractivity contribution is -0.136. The third-order valence-electron chi connectivity index (χ3n) is 4.57. The first-order chi connectivity index (χ1) is 9.70. The van der Waals surface area contributed by atoms with Gasteiger partial charge in [0.1, 0.15) is 0 Å². The molecule has 0 saturated carbocycles. The van der Waals surface area contributed by atoms with Crippen molar-refractivity contribution in [3.8, 4) is 0 Å². The molecule has 0 aromatic carbocycles. The summed E-state index contributed by atoms with van der Waals surface area (Å²) in [4.78, 5) is 16.8. The lowest BCUT2D eigenvalue weighted by atomic mass is 9.94. The van der Waals surface area contributed by atoms with E-state index in [0.717, 1.165) is 64.6 Å². The molecule has 0 aromatic rings. The molecule has 2 N–H and O–H groups in total. The highest BCUT2D eigenvalue weighted by Crippen LogP contribution is 2.21. The van der Waals surface area contributed by atoms with Crippen LogP contribution >= 0.6 is 0 Å². The summed E-state index contributed by atoms with van der Waals surface area (Å²) in [5.74, 6) is 1.11. The van der Waals surface area contributed by atoms with Crippen molar-refractivity contribution in [1.82, 2.24) is 9.80 Å². The van der Waals surface area contributed by atoms with E-state index in [1.54, 1.807) is 0 Å². The van der Waals surface area contributed by atoms with Crippen LogP contribution in [0.25, 0.3) is 0 Å². The molecule has 5 heteroatoms. The van der Waals surface area contributed by atoms with E-state index >= 15 is 0 Å². The van der Waals surface area contributed by atoms with E-state index in [4.69, 9.17) is 10.5 Å². The summed E-state index contributed by atoms with van der Waals surface area (Å²) in [7, 11) is 0. The zero-order chi connectivity index (χ0) is 14.4. The monoisotopic (exact) mass is 283 g/mol. The van der Waals surface area contributed by atoms with Crippen LogP contribution in [-0.4, -0.2) is 68.2 Å². The largest absolute Gasteiger partial charge is 0.379 e. The molecule has 5 nitrogen and oxygen atoms in total. The number of rotatable bonds is 5. The van der Waals surface area contributed by atoms with Crippen molar-refractivity contribution in [3.63, 3.8) is 0 Å². The Morgan fingerprint density at radius 1 is 1.25 bits per heavy atom. The van der Waals surface area contributed by atoms with Crippen molar-refractivity contribution in [3.05, 3.63) is 0 Å². The zero-order valence-corrected chi connectivity index (χ0v) is 12.7. The average molecular weight is 283 g/mol. The lowest BCUT2D eigenvalue weighted by Crippen LogP contribution is -2.45. The van der Waals surface area contributed by atoms with Gasteiger partial charge < -0.3 is 15.4 Å². The summed E-state index contributed by atoms with van der Waals surface area (Å²) in [6.45, 7) is 9.46. The van der Waals surface area contributed by atoms with Gasteiger partial charge in [0, 0.05) is 38.6 Å². The predicted octanol–water partition coefficient (Wildman–Crippen LogP) is 0.542. The van der Waals surface area contributed by atoms with Crippen molar-refractivity contribution < 1.29 is 9.53 Å².